The average Bonchev–Trinajstić information content (AvgIpc) is 2.91. The van der Waals surface area contributed by atoms with Gasteiger partial charge in [-0.15, -0.1) is 0 Å². The summed E-state index contributed by atoms with van der Waals surface area (Å²) in [6.07, 6.45) is -0.564. The van der Waals surface area contributed by atoms with E-state index >= 15 is 0 Å². The number of aliphatic hydroxyl groups is 1. The zero-order valence-electron chi connectivity index (χ0n) is 11.8. The molecule has 8 heteroatoms. The predicted octanol–water partition coefficient (Wildman–Crippen LogP) is 1.94. The quantitative estimate of drug-likeness (QED) is 0.870. The zero-order chi connectivity index (χ0) is 16.2. The first-order valence-corrected chi connectivity index (χ1v) is 6.94. The molecule has 2 N–H and O–H groups in total. The van der Waals surface area contributed by atoms with Crippen molar-refractivity contribution in [3.8, 4) is 5.88 Å². The number of halogens is 3. The topological polar surface area (TPSA) is 71.5 Å². The Morgan fingerprint density at radius 2 is 2.05 bits per heavy atom. The van der Waals surface area contributed by atoms with Crippen LogP contribution in [0.5, 0.6) is 5.88 Å². The Kier molecular flexibility index (Phi) is 4.90. The van der Waals surface area contributed by atoms with Gasteiger partial charge in [0.15, 0.2) is 6.61 Å². The predicted molar refractivity (Wildman–Crippen MR) is 71.1 cm³/mol. The molecule has 0 aliphatic heterocycles. The van der Waals surface area contributed by atoms with Crippen molar-refractivity contribution in [1.29, 1.82) is 0 Å². The Labute approximate surface area is 125 Å². The minimum atomic E-state index is -4.41. The minimum Gasteiger partial charge on any atom is -0.468 e. The van der Waals surface area contributed by atoms with E-state index in [0.717, 1.165) is 12.8 Å². The van der Waals surface area contributed by atoms with Gasteiger partial charge in [-0.3, -0.25) is 4.79 Å². The normalized spacial score (nSPS) is 17.3. The van der Waals surface area contributed by atoms with E-state index < -0.39 is 24.3 Å². The van der Waals surface area contributed by atoms with Crippen LogP contribution in [0.1, 0.15) is 31.2 Å². The van der Waals surface area contributed by atoms with Crippen LogP contribution in [0.4, 0.5) is 13.2 Å². The maximum absolute atomic E-state index is 12.0. The van der Waals surface area contributed by atoms with E-state index in [-0.39, 0.29) is 12.4 Å². The molecule has 1 saturated carbocycles. The number of carbonyl (C=O) groups is 1. The van der Waals surface area contributed by atoms with Crippen molar-refractivity contribution in [2.45, 2.75) is 44.0 Å². The average molecular weight is 318 g/mol. The third kappa shape index (κ3) is 4.59. The monoisotopic (exact) mass is 318 g/mol. The summed E-state index contributed by atoms with van der Waals surface area (Å²) in [5.41, 5.74) is -0.697. The lowest BCUT2D eigenvalue weighted by atomic mass is 10.0. The first kappa shape index (κ1) is 16.5. The molecule has 1 aromatic heterocycles. The van der Waals surface area contributed by atoms with Crippen LogP contribution in [0, 0.1) is 0 Å². The molecule has 0 unspecified atom stereocenters. The van der Waals surface area contributed by atoms with E-state index in [1.54, 1.807) is 0 Å². The summed E-state index contributed by atoms with van der Waals surface area (Å²) in [4.78, 5) is 15.6. The molecule has 1 aliphatic carbocycles. The zero-order valence-corrected chi connectivity index (χ0v) is 11.8. The molecule has 1 heterocycles. The summed E-state index contributed by atoms with van der Waals surface area (Å²) in [5.74, 6) is -0.566. The van der Waals surface area contributed by atoms with Crippen LogP contribution in [0.15, 0.2) is 18.3 Å². The minimum absolute atomic E-state index is 0.137. The number of hydrogen-bond donors (Lipinski definition) is 2. The van der Waals surface area contributed by atoms with E-state index in [2.05, 4.69) is 15.0 Å². The van der Waals surface area contributed by atoms with E-state index in [1.165, 1.54) is 18.3 Å². The second kappa shape index (κ2) is 6.51. The fourth-order valence-corrected chi connectivity index (χ4v) is 2.29. The summed E-state index contributed by atoms with van der Waals surface area (Å²) in [6.45, 7) is -1.25. The van der Waals surface area contributed by atoms with Gasteiger partial charge in [-0.05, 0) is 31.2 Å². The van der Waals surface area contributed by atoms with Gasteiger partial charge in [0, 0.05) is 18.8 Å². The molecule has 0 aromatic carbocycles. The molecule has 0 spiro atoms. The lowest BCUT2D eigenvalue weighted by molar-refractivity contribution is -0.154. The van der Waals surface area contributed by atoms with Crippen molar-refractivity contribution in [3.63, 3.8) is 0 Å². The number of amides is 1. The molecule has 1 fully saturated rings. The summed E-state index contributed by atoms with van der Waals surface area (Å²) in [7, 11) is 0. The maximum atomic E-state index is 12.0. The van der Waals surface area contributed by atoms with Gasteiger partial charge in [0.1, 0.15) is 5.60 Å². The van der Waals surface area contributed by atoms with Gasteiger partial charge in [0.25, 0.3) is 5.91 Å². The van der Waals surface area contributed by atoms with Crippen LogP contribution in [-0.2, 0) is 11.3 Å². The second-order valence-corrected chi connectivity index (χ2v) is 5.33. The van der Waals surface area contributed by atoms with Gasteiger partial charge in [-0.1, -0.05) is 6.07 Å². The summed E-state index contributed by atoms with van der Waals surface area (Å²) in [5, 5.41) is 12.7. The largest absolute Gasteiger partial charge is 0.468 e. The molecular weight excluding hydrogens is 301 g/mol. The van der Waals surface area contributed by atoms with E-state index in [0.29, 0.717) is 18.4 Å². The highest BCUT2D eigenvalue weighted by Crippen LogP contribution is 2.29. The van der Waals surface area contributed by atoms with Crippen LogP contribution in [0.3, 0.4) is 0 Å². The number of nitrogens with one attached hydrogen (secondary N) is 1. The highest BCUT2D eigenvalue weighted by molar-refractivity contribution is 5.85. The summed E-state index contributed by atoms with van der Waals surface area (Å²) < 4.78 is 40.5. The molecule has 0 bridgehead atoms. The Morgan fingerprint density at radius 1 is 1.36 bits per heavy atom. The van der Waals surface area contributed by atoms with E-state index in [9.17, 15) is 23.1 Å². The molecule has 1 amide bonds. The third-order valence-electron chi connectivity index (χ3n) is 3.49. The maximum Gasteiger partial charge on any atom is 0.422 e. The third-order valence-corrected chi connectivity index (χ3v) is 3.49. The van der Waals surface area contributed by atoms with Gasteiger partial charge in [-0.2, -0.15) is 13.2 Å². The van der Waals surface area contributed by atoms with Crippen LogP contribution in [0.2, 0.25) is 0 Å². The Bertz CT molecular complexity index is 511. The lowest BCUT2D eigenvalue weighted by Crippen LogP contribution is -2.44. The van der Waals surface area contributed by atoms with Crippen molar-refractivity contribution >= 4 is 5.91 Å². The molecular formula is C14H17F3N2O3. The standard InChI is InChI=1S/C14H17F3N2O3/c15-14(16,17)9-22-11-4-3-10(7-18-11)8-19-12(20)13(21)5-1-2-6-13/h3-4,7,21H,1-2,5-6,8-9H2,(H,19,20). The van der Waals surface area contributed by atoms with E-state index in [4.69, 9.17) is 0 Å². The molecule has 122 valence electrons. The van der Waals surface area contributed by atoms with Crippen molar-refractivity contribution in [2.24, 2.45) is 0 Å². The van der Waals surface area contributed by atoms with Gasteiger partial charge >= 0.3 is 6.18 Å². The summed E-state index contributed by atoms with van der Waals surface area (Å²) in [6, 6.07) is 2.81. The molecule has 1 aromatic rings. The molecule has 0 atom stereocenters. The Hall–Kier alpha value is -1.83. The second-order valence-electron chi connectivity index (χ2n) is 5.33. The van der Waals surface area contributed by atoms with Crippen LogP contribution in [-0.4, -0.2) is 34.4 Å². The van der Waals surface area contributed by atoms with Crippen molar-refractivity contribution < 1.29 is 27.8 Å². The number of nitrogens with zero attached hydrogens (tertiary/aromatic N) is 1. The number of carbonyl (C=O) groups excluding carboxylic acids is 1. The van der Waals surface area contributed by atoms with Crippen LogP contribution < -0.4 is 10.1 Å². The number of rotatable bonds is 5. The van der Waals surface area contributed by atoms with Crippen molar-refractivity contribution in [2.75, 3.05) is 6.61 Å². The first-order valence-electron chi connectivity index (χ1n) is 6.94. The van der Waals surface area contributed by atoms with Gasteiger partial charge < -0.3 is 15.2 Å². The van der Waals surface area contributed by atoms with Gasteiger partial charge in [-0.25, -0.2) is 4.98 Å². The number of ether oxygens (including phenoxy) is 1. The Morgan fingerprint density at radius 3 is 2.59 bits per heavy atom. The fraction of sp³-hybridized carbons (Fsp3) is 0.571. The molecule has 2 rings (SSSR count). The molecule has 22 heavy (non-hydrogen) atoms. The van der Waals surface area contributed by atoms with Crippen LogP contribution >= 0.6 is 0 Å². The molecule has 0 radical (unpaired) electrons. The van der Waals surface area contributed by atoms with Crippen LogP contribution in [0.25, 0.3) is 0 Å². The molecule has 1 aliphatic rings. The molecule has 0 saturated heterocycles. The Balaban J connectivity index is 1.82. The lowest BCUT2D eigenvalue weighted by Gasteiger charge is -2.20. The van der Waals surface area contributed by atoms with Gasteiger partial charge in [0.05, 0.1) is 0 Å². The number of aromatic nitrogens is 1. The summed E-state index contributed by atoms with van der Waals surface area (Å²) >= 11 is 0. The fourth-order valence-electron chi connectivity index (χ4n) is 2.29. The number of alkyl halides is 3. The van der Waals surface area contributed by atoms with Crippen molar-refractivity contribution in [3.05, 3.63) is 23.9 Å². The number of pyridine rings is 1. The highest BCUT2D eigenvalue weighted by atomic mass is 19.4. The first-order chi connectivity index (χ1) is 10.3. The van der Waals surface area contributed by atoms with E-state index in [1.807, 2.05) is 0 Å². The highest BCUT2D eigenvalue weighted by Gasteiger charge is 2.38. The molecule has 5 nitrogen and oxygen atoms in total. The smallest absolute Gasteiger partial charge is 0.422 e. The number of hydrogen-bond acceptors (Lipinski definition) is 4. The SMILES string of the molecule is O=C(NCc1ccc(OCC(F)(F)F)nc1)C1(O)CCCC1. The van der Waals surface area contributed by atoms with Crippen molar-refractivity contribution in [1.82, 2.24) is 10.3 Å². The van der Waals surface area contributed by atoms with Gasteiger partial charge in [0.2, 0.25) is 5.88 Å².